The highest BCUT2D eigenvalue weighted by molar-refractivity contribution is 7.92. The number of carbonyl (C=O) groups is 1. The van der Waals surface area contributed by atoms with Gasteiger partial charge in [0.2, 0.25) is 5.91 Å². The third-order valence-electron chi connectivity index (χ3n) is 5.48. The van der Waals surface area contributed by atoms with Crippen molar-refractivity contribution in [1.82, 2.24) is 0 Å². The van der Waals surface area contributed by atoms with Crippen LogP contribution in [0.15, 0.2) is 77.7 Å². The van der Waals surface area contributed by atoms with Crippen LogP contribution < -0.4 is 9.21 Å². The number of fused-ring (bicyclic) bond motifs is 1. The lowest BCUT2D eigenvalue weighted by atomic mass is 10.1. The molecule has 5 nitrogen and oxygen atoms in total. The number of carbonyl (C=O) groups excluding carboxylic acids is 1. The Morgan fingerprint density at radius 1 is 1.03 bits per heavy atom. The number of rotatable bonds is 5. The first-order valence-electron chi connectivity index (χ1n) is 10.0. The summed E-state index contributed by atoms with van der Waals surface area (Å²) in [6.07, 6.45) is 0.711. The van der Waals surface area contributed by atoms with Crippen molar-refractivity contribution >= 4 is 27.3 Å². The van der Waals surface area contributed by atoms with Crippen LogP contribution in [0.5, 0.6) is 0 Å². The van der Waals surface area contributed by atoms with E-state index in [4.69, 9.17) is 0 Å². The molecule has 0 saturated heterocycles. The van der Waals surface area contributed by atoms with Gasteiger partial charge in [-0.1, -0.05) is 35.9 Å². The Kier molecular flexibility index (Phi) is 5.54. The molecule has 7 heteroatoms. The second kappa shape index (κ2) is 8.15. The first-order valence-corrected chi connectivity index (χ1v) is 11.5. The zero-order valence-electron chi connectivity index (χ0n) is 17.3. The molecule has 1 atom stereocenters. The van der Waals surface area contributed by atoms with Crippen LogP contribution in [0.2, 0.25) is 0 Å². The van der Waals surface area contributed by atoms with E-state index in [1.54, 1.807) is 17.0 Å². The van der Waals surface area contributed by atoms with E-state index >= 15 is 0 Å². The highest BCUT2D eigenvalue weighted by Crippen LogP contribution is 2.33. The van der Waals surface area contributed by atoms with E-state index in [-0.39, 0.29) is 29.1 Å². The number of sulfonamides is 1. The van der Waals surface area contributed by atoms with Crippen molar-refractivity contribution in [1.29, 1.82) is 0 Å². The normalized spacial score (nSPS) is 15.6. The van der Waals surface area contributed by atoms with Crippen molar-refractivity contribution in [3.05, 3.63) is 89.7 Å². The van der Waals surface area contributed by atoms with Crippen LogP contribution in [0.1, 0.15) is 18.1 Å². The molecule has 0 spiro atoms. The Bertz CT molecular complexity index is 1210. The van der Waals surface area contributed by atoms with Crippen molar-refractivity contribution in [3.8, 4) is 0 Å². The summed E-state index contributed by atoms with van der Waals surface area (Å²) in [6, 6.07) is 19.1. The lowest BCUT2D eigenvalue weighted by molar-refractivity contribution is -0.117. The molecule has 0 aliphatic carbocycles. The van der Waals surface area contributed by atoms with Crippen molar-refractivity contribution in [2.45, 2.75) is 31.2 Å². The Labute approximate surface area is 181 Å². The van der Waals surface area contributed by atoms with Crippen LogP contribution in [-0.2, 0) is 21.2 Å². The monoisotopic (exact) mass is 438 g/mol. The van der Waals surface area contributed by atoms with Gasteiger partial charge in [-0.05, 0) is 68.3 Å². The van der Waals surface area contributed by atoms with Gasteiger partial charge in [0.05, 0.1) is 10.6 Å². The lowest BCUT2D eigenvalue weighted by Crippen LogP contribution is -2.45. The molecule has 31 heavy (non-hydrogen) atoms. The smallest absolute Gasteiger partial charge is 0.264 e. The van der Waals surface area contributed by atoms with E-state index in [9.17, 15) is 17.6 Å². The SMILES string of the molecule is Cc1ccc(S(=O)(=O)N(CC(=O)N2c3ccccc3C[C@H]2C)c2ccc(F)cc2)cc1. The molecular weight excluding hydrogens is 415 g/mol. The molecule has 1 heterocycles. The number of halogens is 1. The van der Waals surface area contributed by atoms with Crippen LogP contribution in [-0.4, -0.2) is 26.9 Å². The van der Waals surface area contributed by atoms with Gasteiger partial charge in [-0.3, -0.25) is 9.10 Å². The van der Waals surface area contributed by atoms with Crippen LogP contribution in [0.3, 0.4) is 0 Å². The van der Waals surface area contributed by atoms with E-state index < -0.39 is 15.8 Å². The minimum atomic E-state index is -4.04. The van der Waals surface area contributed by atoms with Crippen LogP contribution >= 0.6 is 0 Å². The lowest BCUT2D eigenvalue weighted by Gasteiger charge is -2.29. The summed E-state index contributed by atoms with van der Waals surface area (Å²) in [7, 11) is -4.04. The highest BCUT2D eigenvalue weighted by atomic mass is 32.2. The number of anilines is 2. The van der Waals surface area contributed by atoms with Crippen molar-refractivity contribution in [3.63, 3.8) is 0 Å². The van der Waals surface area contributed by atoms with E-state index in [1.807, 2.05) is 38.1 Å². The summed E-state index contributed by atoms with van der Waals surface area (Å²) < 4.78 is 41.5. The quantitative estimate of drug-likeness (QED) is 0.597. The number of nitrogens with zero attached hydrogens (tertiary/aromatic N) is 2. The van der Waals surface area contributed by atoms with Crippen LogP contribution in [0.4, 0.5) is 15.8 Å². The number of hydrogen-bond acceptors (Lipinski definition) is 3. The molecule has 1 aliphatic rings. The number of hydrogen-bond donors (Lipinski definition) is 0. The fourth-order valence-corrected chi connectivity index (χ4v) is 5.32. The standard InChI is InChI=1S/C24H23FN2O3S/c1-17-7-13-22(14-8-17)31(29,30)26(21-11-9-20(25)10-12-21)16-24(28)27-18(2)15-19-5-3-4-6-23(19)27/h3-14,18H,15-16H2,1-2H3/t18-/m1/s1. The third kappa shape index (κ3) is 4.05. The molecule has 3 aromatic rings. The summed E-state index contributed by atoms with van der Waals surface area (Å²) in [4.78, 5) is 15.1. The molecule has 160 valence electrons. The van der Waals surface area contributed by atoms with Gasteiger partial charge >= 0.3 is 0 Å². The van der Waals surface area contributed by atoms with E-state index in [0.717, 1.165) is 21.1 Å². The van der Waals surface area contributed by atoms with Gasteiger partial charge in [0.25, 0.3) is 10.0 Å². The molecule has 1 aliphatic heterocycles. The van der Waals surface area contributed by atoms with Gasteiger partial charge < -0.3 is 4.90 Å². The minimum Gasteiger partial charge on any atom is -0.307 e. The summed E-state index contributed by atoms with van der Waals surface area (Å²) >= 11 is 0. The Hall–Kier alpha value is -3.19. The van der Waals surface area contributed by atoms with E-state index in [2.05, 4.69) is 0 Å². The molecule has 0 unspecified atom stereocenters. The molecule has 0 saturated carbocycles. The first kappa shape index (κ1) is 21.1. The predicted molar refractivity (Wildman–Crippen MR) is 119 cm³/mol. The van der Waals surface area contributed by atoms with Gasteiger partial charge in [0, 0.05) is 11.7 Å². The fourth-order valence-electron chi connectivity index (χ4n) is 3.90. The first-order chi connectivity index (χ1) is 14.8. The molecule has 0 radical (unpaired) electrons. The zero-order valence-corrected chi connectivity index (χ0v) is 18.1. The van der Waals surface area contributed by atoms with Gasteiger partial charge in [0.15, 0.2) is 0 Å². The summed E-state index contributed by atoms with van der Waals surface area (Å²) in [5, 5.41) is 0. The molecule has 0 aromatic heterocycles. The van der Waals surface area contributed by atoms with Gasteiger partial charge in [0.1, 0.15) is 12.4 Å². The summed E-state index contributed by atoms with van der Waals surface area (Å²) in [5.74, 6) is -0.817. The largest absolute Gasteiger partial charge is 0.307 e. The molecular formula is C24H23FN2O3S. The van der Waals surface area contributed by atoms with Gasteiger partial charge in [-0.25, -0.2) is 12.8 Å². The van der Waals surface area contributed by atoms with E-state index in [1.165, 1.54) is 36.4 Å². The Morgan fingerprint density at radius 2 is 1.68 bits per heavy atom. The maximum atomic E-state index is 13.5. The van der Waals surface area contributed by atoms with Crippen molar-refractivity contribution in [2.75, 3.05) is 15.7 Å². The molecule has 0 fully saturated rings. The molecule has 3 aromatic carbocycles. The second-order valence-electron chi connectivity index (χ2n) is 7.75. The third-order valence-corrected chi connectivity index (χ3v) is 7.27. The zero-order chi connectivity index (χ0) is 22.2. The van der Waals surface area contributed by atoms with Gasteiger partial charge in [-0.2, -0.15) is 0 Å². The molecule has 0 N–H and O–H groups in total. The number of aryl methyl sites for hydroxylation is 1. The van der Waals surface area contributed by atoms with E-state index in [0.29, 0.717) is 6.42 Å². The average Bonchev–Trinajstić information content (AvgIpc) is 3.08. The van der Waals surface area contributed by atoms with Crippen molar-refractivity contribution in [2.24, 2.45) is 0 Å². The minimum absolute atomic E-state index is 0.0742. The predicted octanol–water partition coefficient (Wildman–Crippen LogP) is 4.31. The molecule has 1 amide bonds. The van der Waals surface area contributed by atoms with Crippen LogP contribution in [0, 0.1) is 12.7 Å². The molecule has 4 rings (SSSR count). The topological polar surface area (TPSA) is 57.7 Å². The fraction of sp³-hybridized carbons (Fsp3) is 0.208. The summed E-state index contributed by atoms with van der Waals surface area (Å²) in [6.45, 7) is 3.42. The van der Waals surface area contributed by atoms with Gasteiger partial charge in [-0.15, -0.1) is 0 Å². The second-order valence-corrected chi connectivity index (χ2v) is 9.61. The Morgan fingerprint density at radius 3 is 2.35 bits per heavy atom. The molecule has 0 bridgehead atoms. The Balaban J connectivity index is 1.72. The average molecular weight is 439 g/mol. The number of amides is 1. The van der Waals surface area contributed by atoms with Crippen LogP contribution in [0.25, 0.3) is 0 Å². The maximum Gasteiger partial charge on any atom is 0.264 e. The van der Waals surface area contributed by atoms with Crippen molar-refractivity contribution < 1.29 is 17.6 Å². The highest BCUT2D eigenvalue weighted by Gasteiger charge is 2.34. The number of benzene rings is 3. The summed E-state index contributed by atoms with van der Waals surface area (Å²) in [5.41, 5.74) is 3.01. The maximum absolute atomic E-state index is 13.5. The number of para-hydroxylation sites is 1.